The highest BCUT2D eigenvalue weighted by atomic mass is 79.9. The molecular weight excluding hydrogens is 276 g/mol. The lowest BCUT2D eigenvalue weighted by molar-refractivity contribution is -0.159. The minimum Gasteiger partial charge on any atom is -0.469 e. The number of rotatable bonds is 2. The van der Waals surface area contributed by atoms with Crippen molar-refractivity contribution in [1.29, 1.82) is 0 Å². The topological polar surface area (TPSA) is 52.6 Å². The van der Waals surface area contributed by atoms with Crippen LogP contribution in [0, 0.1) is 23.7 Å². The van der Waals surface area contributed by atoms with Crippen LogP contribution in [0.25, 0.3) is 0 Å². The molecular formula is C11H15BrO4. The van der Waals surface area contributed by atoms with E-state index in [4.69, 9.17) is 9.47 Å². The summed E-state index contributed by atoms with van der Waals surface area (Å²) in [5, 5.41) is 0. The van der Waals surface area contributed by atoms with Gasteiger partial charge in [-0.2, -0.15) is 0 Å². The van der Waals surface area contributed by atoms with Crippen molar-refractivity contribution in [2.75, 3.05) is 14.2 Å². The number of esters is 2. The first-order valence-corrected chi connectivity index (χ1v) is 6.31. The van der Waals surface area contributed by atoms with Gasteiger partial charge in [0.15, 0.2) is 0 Å². The molecule has 0 aromatic heterocycles. The van der Waals surface area contributed by atoms with Gasteiger partial charge >= 0.3 is 11.9 Å². The summed E-state index contributed by atoms with van der Waals surface area (Å²) in [4.78, 5) is 23.7. The van der Waals surface area contributed by atoms with E-state index < -0.39 is 0 Å². The highest BCUT2D eigenvalue weighted by molar-refractivity contribution is 9.09. The van der Waals surface area contributed by atoms with E-state index in [9.17, 15) is 9.59 Å². The molecule has 0 radical (unpaired) electrons. The van der Waals surface area contributed by atoms with Crippen LogP contribution in [0.15, 0.2) is 0 Å². The zero-order valence-electron chi connectivity index (χ0n) is 9.31. The monoisotopic (exact) mass is 290 g/mol. The number of ether oxygens (including phenoxy) is 2. The molecule has 4 nitrogen and oxygen atoms in total. The summed E-state index contributed by atoms with van der Waals surface area (Å²) in [6, 6.07) is 0. The summed E-state index contributed by atoms with van der Waals surface area (Å²) in [5.74, 6) is -0.737. The maximum Gasteiger partial charge on any atom is 0.309 e. The maximum atomic E-state index is 11.7. The summed E-state index contributed by atoms with van der Waals surface area (Å²) in [5.41, 5.74) is 0. The zero-order valence-corrected chi connectivity index (χ0v) is 10.9. The Morgan fingerprint density at radius 1 is 1.06 bits per heavy atom. The van der Waals surface area contributed by atoms with E-state index in [0.29, 0.717) is 4.83 Å². The molecule has 0 aromatic carbocycles. The molecule has 2 saturated carbocycles. The molecule has 0 aromatic rings. The first kappa shape index (κ1) is 11.9. The summed E-state index contributed by atoms with van der Waals surface area (Å²) in [6.45, 7) is 0. The van der Waals surface area contributed by atoms with Crippen LogP contribution in [-0.4, -0.2) is 31.0 Å². The van der Waals surface area contributed by atoms with E-state index in [1.165, 1.54) is 14.2 Å². The summed E-state index contributed by atoms with van der Waals surface area (Å²) in [6.07, 6.45) is 1.85. The van der Waals surface area contributed by atoms with Crippen LogP contribution >= 0.6 is 15.9 Å². The standard InChI is InChI=1S/C11H15BrO4/c1-15-10(13)8-5-3-6(7(12)4-5)9(8)11(14)16-2/h5-9H,3-4H2,1-2H3/t5-,6+,7+,8-,9-/m0/s1. The fourth-order valence-electron chi connectivity index (χ4n) is 3.21. The lowest BCUT2D eigenvalue weighted by Gasteiger charge is -2.29. The molecule has 90 valence electrons. The van der Waals surface area contributed by atoms with Crippen LogP contribution in [0.4, 0.5) is 0 Å². The molecule has 2 aliphatic rings. The minimum atomic E-state index is -0.333. The Balaban J connectivity index is 2.24. The van der Waals surface area contributed by atoms with Gasteiger partial charge < -0.3 is 9.47 Å². The fourth-order valence-corrected chi connectivity index (χ4v) is 4.24. The van der Waals surface area contributed by atoms with Crippen molar-refractivity contribution < 1.29 is 19.1 Å². The predicted molar refractivity (Wildman–Crippen MR) is 59.9 cm³/mol. The van der Waals surface area contributed by atoms with Gasteiger partial charge in [0.25, 0.3) is 0 Å². The quantitative estimate of drug-likeness (QED) is 0.569. The maximum absolute atomic E-state index is 11.7. The highest BCUT2D eigenvalue weighted by Crippen LogP contribution is 2.55. The van der Waals surface area contributed by atoms with Crippen LogP contribution < -0.4 is 0 Å². The van der Waals surface area contributed by atoms with Crippen molar-refractivity contribution in [2.24, 2.45) is 23.7 Å². The van der Waals surface area contributed by atoms with Crippen molar-refractivity contribution in [3.8, 4) is 0 Å². The molecule has 2 aliphatic carbocycles. The normalized spacial score (nSPS) is 40.8. The minimum absolute atomic E-state index is 0.210. The van der Waals surface area contributed by atoms with E-state index >= 15 is 0 Å². The Labute approximate surface area is 103 Å². The third-order valence-corrected chi connectivity index (χ3v) is 4.92. The van der Waals surface area contributed by atoms with Crippen molar-refractivity contribution in [2.45, 2.75) is 17.7 Å². The fraction of sp³-hybridized carbons (Fsp3) is 0.818. The molecule has 16 heavy (non-hydrogen) atoms. The number of fused-ring (bicyclic) bond motifs is 2. The third kappa shape index (κ3) is 1.65. The average molecular weight is 291 g/mol. The van der Waals surface area contributed by atoms with Crippen LogP contribution in [0.1, 0.15) is 12.8 Å². The molecule has 5 atom stereocenters. The Bertz CT molecular complexity index is 317. The van der Waals surface area contributed by atoms with E-state index in [1.807, 2.05) is 0 Å². The molecule has 2 rings (SSSR count). The molecule has 0 aliphatic heterocycles. The van der Waals surface area contributed by atoms with Gasteiger partial charge in [0.05, 0.1) is 26.1 Å². The van der Waals surface area contributed by atoms with Crippen LogP contribution in [0.3, 0.4) is 0 Å². The van der Waals surface area contributed by atoms with Gasteiger partial charge in [0.1, 0.15) is 0 Å². The number of carbonyl (C=O) groups excluding carboxylic acids is 2. The van der Waals surface area contributed by atoms with Gasteiger partial charge in [-0.1, -0.05) is 15.9 Å². The summed E-state index contributed by atoms with van der Waals surface area (Å²) >= 11 is 3.57. The first-order chi connectivity index (χ1) is 7.60. The second-order valence-electron chi connectivity index (χ2n) is 4.51. The molecule has 0 saturated heterocycles. The van der Waals surface area contributed by atoms with Gasteiger partial charge in [-0.05, 0) is 24.7 Å². The van der Waals surface area contributed by atoms with Crippen molar-refractivity contribution in [3.63, 3.8) is 0 Å². The Morgan fingerprint density at radius 3 is 2.19 bits per heavy atom. The van der Waals surface area contributed by atoms with E-state index in [0.717, 1.165) is 12.8 Å². The van der Waals surface area contributed by atoms with Crippen molar-refractivity contribution in [3.05, 3.63) is 0 Å². The van der Waals surface area contributed by atoms with Gasteiger partial charge in [0, 0.05) is 4.83 Å². The first-order valence-electron chi connectivity index (χ1n) is 5.39. The second kappa shape index (κ2) is 4.35. The number of hydrogen-bond acceptors (Lipinski definition) is 4. The summed E-state index contributed by atoms with van der Waals surface area (Å²) < 4.78 is 9.58. The van der Waals surface area contributed by atoms with Gasteiger partial charge in [-0.3, -0.25) is 9.59 Å². The predicted octanol–water partition coefficient (Wildman–Crippen LogP) is 1.37. The average Bonchev–Trinajstić information content (AvgIpc) is 2.82. The zero-order chi connectivity index (χ0) is 11.9. The molecule has 2 bridgehead atoms. The SMILES string of the molecule is COC(=O)[C@H]1[C@H]2C[C@@H]([C@@H]1C(=O)OC)[C@H](Br)C2. The number of alkyl halides is 1. The molecule has 0 spiro atoms. The smallest absolute Gasteiger partial charge is 0.309 e. The number of halogens is 1. The molecule has 0 N–H and O–H groups in total. The van der Waals surface area contributed by atoms with Crippen molar-refractivity contribution >= 4 is 27.9 Å². The molecule has 0 amide bonds. The second-order valence-corrected chi connectivity index (χ2v) is 5.69. The van der Waals surface area contributed by atoms with E-state index in [-0.39, 0.29) is 35.6 Å². The number of carbonyl (C=O) groups is 2. The van der Waals surface area contributed by atoms with Gasteiger partial charge in [-0.15, -0.1) is 0 Å². The number of hydrogen-bond donors (Lipinski definition) is 0. The molecule has 0 unspecified atom stereocenters. The lowest BCUT2D eigenvalue weighted by atomic mass is 9.79. The largest absolute Gasteiger partial charge is 0.469 e. The Kier molecular flexibility index (Phi) is 3.24. The van der Waals surface area contributed by atoms with Gasteiger partial charge in [0.2, 0.25) is 0 Å². The molecule has 2 fully saturated rings. The van der Waals surface area contributed by atoms with Crippen LogP contribution in [0.5, 0.6) is 0 Å². The van der Waals surface area contributed by atoms with Crippen LogP contribution in [0.2, 0.25) is 0 Å². The Hall–Kier alpha value is -0.580. The van der Waals surface area contributed by atoms with Gasteiger partial charge in [-0.25, -0.2) is 0 Å². The Morgan fingerprint density at radius 2 is 1.62 bits per heavy atom. The lowest BCUT2D eigenvalue weighted by Crippen LogP contribution is -2.39. The number of methoxy groups -OCH3 is 2. The molecule has 0 heterocycles. The summed E-state index contributed by atoms with van der Waals surface area (Å²) in [7, 11) is 2.74. The van der Waals surface area contributed by atoms with E-state index in [2.05, 4.69) is 15.9 Å². The van der Waals surface area contributed by atoms with Crippen molar-refractivity contribution in [1.82, 2.24) is 0 Å². The van der Waals surface area contributed by atoms with Crippen LogP contribution in [-0.2, 0) is 19.1 Å². The third-order valence-electron chi connectivity index (χ3n) is 3.87. The van der Waals surface area contributed by atoms with E-state index in [1.54, 1.807) is 0 Å². The molecule has 5 heteroatoms. The highest BCUT2D eigenvalue weighted by Gasteiger charge is 2.58.